The first kappa shape index (κ1) is 22.6. The first-order valence-electron chi connectivity index (χ1n) is 8.67. The zero-order valence-electron chi connectivity index (χ0n) is 16.4. The molecule has 10 heteroatoms. The third-order valence-corrected chi connectivity index (χ3v) is 6.00. The normalized spacial score (nSPS) is 18.6. The molecule has 3 atom stereocenters. The van der Waals surface area contributed by atoms with Gasteiger partial charge in [-0.05, 0) is 0 Å². The van der Waals surface area contributed by atoms with Crippen molar-refractivity contribution in [3.8, 4) is 0 Å². The second-order valence-corrected chi connectivity index (χ2v) is 7.52. The molecule has 0 saturated carbocycles. The molecule has 29 heavy (non-hydrogen) atoms. The molecule has 1 aliphatic rings. The molecule has 1 heterocycles. The monoisotopic (exact) mass is 468 g/mol. The molecule has 9 nitrogen and oxygen atoms in total. The molecule has 1 aliphatic heterocycles. The van der Waals surface area contributed by atoms with Crippen molar-refractivity contribution in [1.82, 2.24) is 4.90 Å². The van der Waals surface area contributed by atoms with Gasteiger partial charge < -0.3 is 0 Å². The second kappa shape index (κ2) is 9.21. The zero-order valence-corrected chi connectivity index (χ0v) is 18.2. The predicted octanol–water partition coefficient (Wildman–Crippen LogP) is 1.34. The number of nitro benzene ring substituents is 1. The number of allylic oxidation sites excluding steroid dienone is 1. The van der Waals surface area contributed by atoms with Gasteiger partial charge in [-0.2, -0.15) is 0 Å². The van der Waals surface area contributed by atoms with Gasteiger partial charge in [-0.1, -0.05) is 0 Å². The summed E-state index contributed by atoms with van der Waals surface area (Å²) in [5.74, 6) is -2.22. The van der Waals surface area contributed by atoms with Crippen LogP contribution in [0.25, 0.3) is 0 Å². The summed E-state index contributed by atoms with van der Waals surface area (Å²) >= 11 is 2.94. The van der Waals surface area contributed by atoms with Gasteiger partial charge in [-0.3, -0.25) is 0 Å². The van der Waals surface area contributed by atoms with Gasteiger partial charge in [0.25, 0.3) is 0 Å². The standard InChI is InChI=1S/C19H22N3O6Se/c1-10(20)17(29)21-9-14(18(23)27-3)16(15(11(21)2)19(24)28-4)12-6-5-7-13(8-12)22(25)26/h5-10,16-17H,20H2,1-4H3. The minimum atomic E-state index is -0.897. The number of benzene rings is 1. The number of hydrogen-bond donors (Lipinski definition) is 1. The van der Waals surface area contributed by atoms with Crippen LogP contribution in [0.4, 0.5) is 5.69 Å². The summed E-state index contributed by atoms with van der Waals surface area (Å²) < 4.78 is 9.88. The van der Waals surface area contributed by atoms with E-state index in [1.165, 1.54) is 32.4 Å². The van der Waals surface area contributed by atoms with Gasteiger partial charge >= 0.3 is 176 Å². The van der Waals surface area contributed by atoms with Gasteiger partial charge in [-0.15, -0.1) is 0 Å². The number of non-ortho nitro benzene ring substituents is 1. The Morgan fingerprint density at radius 1 is 1.28 bits per heavy atom. The summed E-state index contributed by atoms with van der Waals surface area (Å²) in [7, 11) is 2.46. The van der Waals surface area contributed by atoms with Crippen LogP contribution in [0.5, 0.6) is 0 Å². The third kappa shape index (κ3) is 4.50. The zero-order chi connectivity index (χ0) is 21.9. The average Bonchev–Trinajstić information content (AvgIpc) is 2.71. The fraction of sp³-hybridized carbons (Fsp3) is 0.368. The van der Waals surface area contributed by atoms with Crippen molar-refractivity contribution in [3.63, 3.8) is 0 Å². The van der Waals surface area contributed by atoms with E-state index in [0.29, 0.717) is 11.3 Å². The summed E-state index contributed by atoms with van der Waals surface area (Å²) in [5, 5.41) is 11.2. The Balaban J connectivity index is 2.77. The van der Waals surface area contributed by atoms with Crippen LogP contribution in [-0.4, -0.2) is 63.0 Å². The summed E-state index contributed by atoms with van der Waals surface area (Å²) in [4.78, 5) is 37.3. The Bertz CT molecular complexity index is 896. The molecule has 0 aromatic heterocycles. The summed E-state index contributed by atoms with van der Waals surface area (Å²) in [6, 6.07) is 5.45. The number of hydrogen-bond acceptors (Lipinski definition) is 8. The summed E-state index contributed by atoms with van der Waals surface area (Å²) in [6.07, 6.45) is 1.56. The molecule has 1 aromatic carbocycles. The predicted molar refractivity (Wildman–Crippen MR) is 106 cm³/mol. The van der Waals surface area contributed by atoms with Crippen molar-refractivity contribution in [2.24, 2.45) is 5.73 Å². The van der Waals surface area contributed by atoms with E-state index in [9.17, 15) is 19.7 Å². The maximum absolute atomic E-state index is 12.7. The number of carbonyl (C=O) groups is 2. The van der Waals surface area contributed by atoms with Crippen LogP contribution in [0.2, 0.25) is 0 Å². The molecule has 0 bridgehead atoms. The maximum atomic E-state index is 12.7. The fourth-order valence-corrected chi connectivity index (χ4v) is 3.63. The van der Waals surface area contributed by atoms with E-state index in [4.69, 9.17) is 15.2 Å². The van der Waals surface area contributed by atoms with Crippen molar-refractivity contribution in [2.45, 2.75) is 30.7 Å². The van der Waals surface area contributed by atoms with E-state index in [-0.39, 0.29) is 27.8 Å². The molecule has 2 N–H and O–H groups in total. The number of nitrogens with two attached hydrogens (primary N) is 1. The number of nitrogens with zero attached hydrogens (tertiary/aromatic N) is 2. The number of carbonyl (C=O) groups excluding carboxylic acids is 2. The molecule has 1 radical (unpaired) electrons. The van der Waals surface area contributed by atoms with E-state index in [1.807, 2.05) is 0 Å². The third-order valence-electron chi connectivity index (χ3n) is 4.62. The number of esters is 2. The Morgan fingerprint density at radius 2 is 1.90 bits per heavy atom. The van der Waals surface area contributed by atoms with Crippen LogP contribution in [0, 0.1) is 10.1 Å². The number of rotatable bonds is 6. The molecule has 0 amide bonds. The van der Waals surface area contributed by atoms with E-state index in [2.05, 4.69) is 16.0 Å². The number of ether oxygens (including phenoxy) is 2. The van der Waals surface area contributed by atoms with E-state index in [0.717, 1.165) is 0 Å². The Hall–Kier alpha value is -2.68. The van der Waals surface area contributed by atoms with Gasteiger partial charge in [0, 0.05) is 0 Å². The molecule has 3 unspecified atom stereocenters. The Kier molecular flexibility index (Phi) is 7.18. The van der Waals surface area contributed by atoms with Crippen molar-refractivity contribution < 1.29 is 24.0 Å². The van der Waals surface area contributed by atoms with Crippen LogP contribution < -0.4 is 5.73 Å². The quantitative estimate of drug-likeness (QED) is 0.288. The topological polar surface area (TPSA) is 125 Å². The SMILES string of the molecule is COC(=O)C1=CN(C([Se])C(C)N)C(C)=C(C(=O)OC)C1c1cccc([N+](=O)[O-])c1. The second-order valence-electron chi connectivity index (χ2n) is 6.51. The van der Waals surface area contributed by atoms with Crippen molar-refractivity contribution in [2.75, 3.05) is 14.2 Å². The van der Waals surface area contributed by atoms with E-state index in [1.54, 1.807) is 31.0 Å². The average molecular weight is 467 g/mol. The van der Waals surface area contributed by atoms with Crippen LogP contribution in [0.3, 0.4) is 0 Å². The molecule has 0 spiro atoms. The Labute approximate surface area is 176 Å². The van der Waals surface area contributed by atoms with Gasteiger partial charge in [0.1, 0.15) is 0 Å². The van der Waals surface area contributed by atoms with Crippen molar-refractivity contribution in [1.29, 1.82) is 0 Å². The van der Waals surface area contributed by atoms with E-state index >= 15 is 0 Å². The van der Waals surface area contributed by atoms with Crippen LogP contribution in [0.15, 0.2) is 47.3 Å². The van der Waals surface area contributed by atoms with Crippen LogP contribution >= 0.6 is 0 Å². The molecule has 2 rings (SSSR count). The molecule has 0 aliphatic carbocycles. The summed E-state index contributed by atoms with van der Waals surface area (Å²) in [5.41, 5.74) is 7.07. The summed E-state index contributed by atoms with van der Waals surface area (Å²) in [6.45, 7) is 3.48. The first-order chi connectivity index (χ1) is 13.6. The first-order valence-corrected chi connectivity index (χ1v) is 9.66. The number of nitro groups is 1. The van der Waals surface area contributed by atoms with Crippen LogP contribution in [-0.2, 0) is 19.1 Å². The molecular formula is C19H22N3O6Se. The molecule has 0 saturated heterocycles. The number of methoxy groups -OCH3 is 2. The van der Waals surface area contributed by atoms with Crippen LogP contribution in [0.1, 0.15) is 25.3 Å². The minimum absolute atomic E-state index is 0.139. The van der Waals surface area contributed by atoms with Gasteiger partial charge in [0.05, 0.1) is 0 Å². The van der Waals surface area contributed by atoms with Crippen molar-refractivity contribution in [3.05, 3.63) is 63.0 Å². The molecule has 0 fully saturated rings. The van der Waals surface area contributed by atoms with Gasteiger partial charge in [0.2, 0.25) is 0 Å². The van der Waals surface area contributed by atoms with Crippen molar-refractivity contribution >= 4 is 33.6 Å². The molecular weight excluding hydrogens is 445 g/mol. The van der Waals surface area contributed by atoms with Gasteiger partial charge in [0.15, 0.2) is 0 Å². The van der Waals surface area contributed by atoms with Gasteiger partial charge in [-0.25, -0.2) is 0 Å². The molecule has 155 valence electrons. The van der Waals surface area contributed by atoms with E-state index < -0.39 is 22.8 Å². The molecule has 1 aromatic rings. The Morgan fingerprint density at radius 3 is 2.41 bits per heavy atom. The fourth-order valence-electron chi connectivity index (χ4n) is 3.17.